The van der Waals surface area contributed by atoms with Crippen molar-refractivity contribution in [1.29, 1.82) is 0 Å². The molecule has 25 heavy (non-hydrogen) atoms. The van der Waals surface area contributed by atoms with E-state index in [0.717, 1.165) is 16.5 Å². The van der Waals surface area contributed by atoms with Crippen molar-refractivity contribution < 1.29 is 4.79 Å². The Hall–Kier alpha value is -2.70. The van der Waals surface area contributed by atoms with Crippen LogP contribution in [0.4, 0.5) is 0 Å². The maximum Gasteiger partial charge on any atom is 0.269 e. The molecular formula is C17H11Cl2N5O. The average molecular weight is 372 g/mol. The Kier molecular flexibility index (Phi) is 3.78. The molecule has 0 radical (unpaired) electrons. The highest BCUT2D eigenvalue weighted by Crippen LogP contribution is 2.26. The lowest BCUT2D eigenvalue weighted by Gasteiger charge is -2.06. The van der Waals surface area contributed by atoms with Gasteiger partial charge in [0, 0.05) is 17.8 Å². The lowest BCUT2D eigenvalue weighted by molar-refractivity contribution is 0.0996. The number of nitrogens with two attached hydrogens (primary N) is 1. The number of pyridine rings is 2. The number of halogens is 2. The molecule has 0 atom stereocenters. The van der Waals surface area contributed by atoms with Crippen LogP contribution in [-0.4, -0.2) is 25.7 Å². The first-order valence-corrected chi connectivity index (χ1v) is 8.13. The molecular weight excluding hydrogens is 361 g/mol. The van der Waals surface area contributed by atoms with Gasteiger partial charge in [0.25, 0.3) is 5.91 Å². The second kappa shape index (κ2) is 5.98. The second-order valence-corrected chi connectivity index (χ2v) is 6.34. The van der Waals surface area contributed by atoms with Gasteiger partial charge < -0.3 is 5.73 Å². The largest absolute Gasteiger partial charge is 0.364 e. The van der Waals surface area contributed by atoms with E-state index >= 15 is 0 Å². The van der Waals surface area contributed by atoms with E-state index in [-0.39, 0.29) is 10.8 Å². The zero-order chi connectivity index (χ0) is 17.6. The van der Waals surface area contributed by atoms with Crippen LogP contribution >= 0.6 is 23.2 Å². The zero-order valence-electron chi connectivity index (χ0n) is 12.8. The quantitative estimate of drug-likeness (QED) is 0.558. The fourth-order valence-corrected chi connectivity index (χ4v) is 3.21. The molecule has 3 heterocycles. The summed E-state index contributed by atoms with van der Waals surface area (Å²) in [5, 5.41) is 6.48. The summed E-state index contributed by atoms with van der Waals surface area (Å²) < 4.78 is 1.68. The lowest BCUT2D eigenvalue weighted by atomic mass is 10.1. The van der Waals surface area contributed by atoms with Crippen molar-refractivity contribution in [2.45, 2.75) is 6.54 Å². The summed E-state index contributed by atoms with van der Waals surface area (Å²) in [6.45, 7) is 0.437. The minimum absolute atomic E-state index is 0.110. The van der Waals surface area contributed by atoms with Crippen LogP contribution in [0.1, 0.15) is 16.1 Å². The van der Waals surface area contributed by atoms with Crippen molar-refractivity contribution in [2.24, 2.45) is 5.73 Å². The molecule has 0 aliphatic rings. The highest BCUT2D eigenvalue weighted by atomic mass is 35.5. The minimum atomic E-state index is -0.645. The maximum absolute atomic E-state index is 11.7. The number of carbonyl (C=O) groups is 1. The molecule has 124 valence electrons. The lowest BCUT2D eigenvalue weighted by Crippen LogP contribution is -2.13. The molecule has 4 aromatic rings. The van der Waals surface area contributed by atoms with Gasteiger partial charge in [0.1, 0.15) is 5.15 Å². The van der Waals surface area contributed by atoms with Crippen LogP contribution in [0.25, 0.3) is 21.8 Å². The maximum atomic E-state index is 11.7. The number of benzene rings is 1. The summed E-state index contributed by atoms with van der Waals surface area (Å²) in [4.78, 5) is 20.0. The van der Waals surface area contributed by atoms with Crippen LogP contribution in [0.3, 0.4) is 0 Å². The highest BCUT2D eigenvalue weighted by molar-refractivity contribution is 6.35. The molecule has 0 aliphatic heterocycles. The van der Waals surface area contributed by atoms with Gasteiger partial charge in [-0.3, -0.25) is 14.5 Å². The summed E-state index contributed by atoms with van der Waals surface area (Å²) >= 11 is 12.1. The van der Waals surface area contributed by atoms with E-state index in [1.54, 1.807) is 23.1 Å². The van der Waals surface area contributed by atoms with E-state index in [1.807, 2.05) is 24.3 Å². The number of primary amides is 1. The SMILES string of the molecule is NC(=O)c1nn(Cc2ccc3ncc(Cl)cc3c2)c2ccnc(Cl)c12. The smallest absolute Gasteiger partial charge is 0.269 e. The predicted octanol–water partition coefficient (Wildman–Crippen LogP) is 3.43. The number of rotatable bonds is 3. The highest BCUT2D eigenvalue weighted by Gasteiger charge is 2.18. The number of hydrogen-bond acceptors (Lipinski definition) is 4. The normalized spacial score (nSPS) is 11.3. The van der Waals surface area contributed by atoms with Crippen molar-refractivity contribution in [2.75, 3.05) is 0 Å². The third-order valence-corrected chi connectivity index (χ3v) is 4.39. The van der Waals surface area contributed by atoms with E-state index in [2.05, 4.69) is 15.1 Å². The van der Waals surface area contributed by atoms with Crippen molar-refractivity contribution in [3.05, 3.63) is 64.2 Å². The summed E-state index contributed by atoms with van der Waals surface area (Å²) in [5.74, 6) is -0.645. The Morgan fingerprint density at radius 3 is 2.80 bits per heavy atom. The average Bonchev–Trinajstić information content (AvgIpc) is 2.95. The monoisotopic (exact) mass is 371 g/mol. The molecule has 6 nitrogen and oxygen atoms in total. The minimum Gasteiger partial charge on any atom is -0.364 e. The molecule has 0 unspecified atom stereocenters. The van der Waals surface area contributed by atoms with E-state index in [1.165, 1.54) is 0 Å². The number of fused-ring (bicyclic) bond motifs is 2. The molecule has 0 spiro atoms. The molecule has 0 bridgehead atoms. The fraction of sp³-hybridized carbons (Fsp3) is 0.0588. The molecule has 0 fully saturated rings. The van der Waals surface area contributed by atoms with Crippen molar-refractivity contribution >= 4 is 50.9 Å². The number of amides is 1. The van der Waals surface area contributed by atoms with Crippen LogP contribution in [0, 0.1) is 0 Å². The topological polar surface area (TPSA) is 86.7 Å². The second-order valence-electron chi connectivity index (χ2n) is 5.55. The number of aromatic nitrogens is 4. The zero-order valence-corrected chi connectivity index (χ0v) is 14.3. The molecule has 3 aromatic heterocycles. The van der Waals surface area contributed by atoms with Crippen LogP contribution in [-0.2, 0) is 6.54 Å². The van der Waals surface area contributed by atoms with Gasteiger partial charge in [0.05, 0.1) is 28.0 Å². The Balaban J connectivity index is 1.83. The van der Waals surface area contributed by atoms with Gasteiger partial charge in [-0.15, -0.1) is 0 Å². The number of nitrogens with zero attached hydrogens (tertiary/aromatic N) is 4. The first-order chi connectivity index (χ1) is 12.0. The Labute approximate surface area is 152 Å². The van der Waals surface area contributed by atoms with E-state index < -0.39 is 5.91 Å². The van der Waals surface area contributed by atoms with Gasteiger partial charge in [-0.2, -0.15) is 5.10 Å². The number of carbonyl (C=O) groups excluding carboxylic acids is 1. The van der Waals surface area contributed by atoms with Gasteiger partial charge in [-0.1, -0.05) is 29.3 Å². The van der Waals surface area contributed by atoms with Crippen LogP contribution in [0.5, 0.6) is 0 Å². The standard InChI is InChI=1S/C17H11Cl2N5O/c18-11-6-10-5-9(1-2-12(10)22-7-11)8-24-13-3-4-21-16(19)14(13)15(23-24)17(20)25/h1-7H,8H2,(H2,20,25). The van der Waals surface area contributed by atoms with Crippen molar-refractivity contribution in [3.8, 4) is 0 Å². The third kappa shape index (κ3) is 2.79. The predicted molar refractivity (Wildman–Crippen MR) is 96.9 cm³/mol. The van der Waals surface area contributed by atoms with E-state index in [4.69, 9.17) is 28.9 Å². The van der Waals surface area contributed by atoms with Crippen LogP contribution < -0.4 is 5.73 Å². The Morgan fingerprint density at radius 2 is 2.00 bits per heavy atom. The summed E-state index contributed by atoms with van der Waals surface area (Å²) in [6.07, 6.45) is 3.18. The molecule has 2 N–H and O–H groups in total. The van der Waals surface area contributed by atoms with Gasteiger partial charge in [0.15, 0.2) is 5.69 Å². The van der Waals surface area contributed by atoms with Crippen molar-refractivity contribution in [1.82, 2.24) is 19.7 Å². The van der Waals surface area contributed by atoms with Crippen LogP contribution in [0.2, 0.25) is 10.2 Å². The van der Waals surface area contributed by atoms with Gasteiger partial charge in [-0.05, 0) is 29.8 Å². The molecule has 8 heteroatoms. The molecule has 0 saturated carbocycles. The Morgan fingerprint density at radius 1 is 1.16 bits per heavy atom. The van der Waals surface area contributed by atoms with Gasteiger partial charge in [-0.25, -0.2) is 4.98 Å². The first kappa shape index (κ1) is 15.8. The molecule has 1 aromatic carbocycles. The summed E-state index contributed by atoms with van der Waals surface area (Å²) in [6, 6.07) is 9.44. The fourth-order valence-electron chi connectivity index (χ4n) is 2.80. The van der Waals surface area contributed by atoms with E-state index in [0.29, 0.717) is 22.5 Å². The summed E-state index contributed by atoms with van der Waals surface area (Å²) in [5.41, 5.74) is 8.05. The van der Waals surface area contributed by atoms with Crippen molar-refractivity contribution in [3.63, 3.8) is 0 Å². The van der Waals surface area contributed by atoms with Crippen LogP contribution in [0.15, 0.2) is 42.7 Å². The van der Waals surface area contributed by atoms with Gasteiger partial charge >= 0.3 is 0 Å². The Bertz CT molecular complexity index is 1140. The molecule has 0 aliphatic carbocycles. The number of hydrogen-bond donors (Lipinski definition) is 1. The van der Waals surface area contributed by atoms with Gasteiger partial charge in [0.2, 0.25) is 0 Å². The molecule has 0 saturated heterocycles. The van der Waals surface area contributed by atoms with E-state index in [9.17, 15) is 4.79 Å². The first-order valence-electron chi connectivity index (χ1n) is 7.38. The molecule has 4 rings (SSSR count). The molecule has 1 amide bonds. The summed E-state index contributed by atoms with van der Waals surface area (Å²) in [7, 11) is 0. The third-order valence-electron chi connectivity index (χ3n) is 3.90.